The van der Waals surface area contributed by atoms with Crippen LogP contribution >= 0.6 is 0 Å². The number of hydrogen-bond acceptors (Lipinski definition) is 4. The molecule has 0 unspecified atom stereocenters. The monoisotopic (exact) mass is 271 g/mol. The van der Waals surface area contributed by atoms with Crippen LogP contribution in [0.2, 0.25) is 0 Å². The van der Waals surface area contributed by atoms with Crippen LogP contribution in [0.15, 0.2) is 0 Å². The molecule has 0 spiro atoms. The highest BCUT2D eigenvalue weighted by molar-refractivity contribution is 5.83. The third-order valence-corrected chi connectivity index (χ3v) is 3.87. The molecule has 0 aromatic heterocycles. The van der Waals surface area contributed by atoms with Gasteiger partial charge in [-0.15, -0.1) is 0 Å². The fourth-order valence-electron chi connectivity index (χ4n) is 2.68. The molecule has 0 saturated carbocycles. The number of hydrogen-bond donors (Lipinski definition) is 3. The lowest BCUT2D eigenvalue weighted by Crippen LogP contribution is -2.51. The Kier molecular flexibility index (Phi) is 4.26. The van der Waals surface area contributed by atoms with Gasteiger partial charge in [0.05, 0.1) is 6.10 Å². The van der Waals surface area contributed by atoms with Gasteiger partial charge in [-0.2, -0.15) is 0 Å². The molecule has 0 aliphatic carbocycles. The number of β-amino-alcohol motifs (C(OH)–C–C–N with tert-alkyl or cyclic N) is 1. The van der Waals surface area contributed by atoms with E-state index in [1.165, 1.54) is 4.90 Å². The Labute approximate surface area is 112 Å². The first-order valence-electron chi connectivity index (χ1n) is 6.64. The third-order valence-electron chi connectivity index (χ3n) is 3.87. The Morgan fingerprint density at radius 2 is 1.89 bits per heavy atom. The molecule has 2 aliphatic heterocycles. The predicted molar refractivity (Wildman–Crippen MR) is 67.8 cm³/mol. The van der Waals surface area contributed by atoms with Crippen molar-refractivity contribution in [3.05, 3.63) is 0 Å². The number of nitrogens with one attached hydrogen (secondary N) is 1. The molecule has 0 bridgehead atoms. The molecule has 2 heterocycles. The average Bonchev–Trinajstić information content (AvgIpc) is 2.74. The van der Waals surface area contributed by atoms with Gasteiger partial charge in [-0.05, 0) is 33.0 Å². The van der Waals surface area contributed by atoms with Crippen LogP contribution in [0.4, 0.5) is 4.79 Å². The van der Waals surface area contributed by atoms with E-state index in [0.29, 0.717) is 0 Å². The number of rotatable bonds is 2. The minimum absolute atomic E-state index is 0.0927. The summed E-state index contributed by atoms with van der Waals surface area (Å²) < 4.78 is 0. The van der Waals surface area contributed by atoms with Crippen LogP contribution in [0.5, 0.6) is 0 Å². The van der Waals surface area contributed by atoms with E-state index in [1.807, 2.05) is 7.05 Å². The van der Waals surface area contributed by atoms with Gasteiger partial charge in [-0.1, -0.05) is 0 Å². The van der Waals surface area contributed by atoms with Gasteiger partial charge in [-0.3, -0.25) is 0 Å². The molecular formula is C12H21N3O4. The highest BCUT2D eigenvalue weighted by Crippen LogP contribution is 2.19. The van der Waals surface area contributed by atoms with Crippen molar-refractivity contribution in [1.82, 2.24) is 15.1 Å². The van der Waals surface area contributed by atoms with Crippen LogP contribution in [0.3, 0.4) is 0 Å². The fraction of sp³-hybridized carbons (Fsp3) is 0.833. The highest BCUT2D eigenvalue weighted by atomic mass is 16.4. The predicted octanol–water partition coefficient (Wildman–Crippen LogP) is -0.690. The summed E-state index contributed by atoms with van der Waals surface area (Å²) in [5.74, 6) is -1.06. The van der Waals surface area contributed by atoms with Crippen LogP contribution in [-0.4, -0.2) is 76.9 Å². The molecule has 108 valence electrons. The smallest absolute Gasteiger partial charge is 0.326 e. The topological polar surface area (TPSA) is 93.1 Å². The Bertz CT molecular complexity index is 355. The van der Waals surface area contributed by atoms with Gasteiger partial charge in [0.1, 0.15) is 6.04 Å². The third kappa shape index (κ3) is 3.36. The van der Waals surface area contributed by atoms with E-state index in [-0.39, 0.29) is 25.0 Å². The average molecular weight is 271 g/mol. The molecule has 0 radical (unpaired) electrons. The van der Waals surface area contributed by atoms with Crippen LogP contribution in [0.25, 0.3) is 0 Å². The zero-order valence-corrected chi connectivity index (χ0v) is 11.1. The van der Waals surface area contributed by atoms with Crippen LogP contribution in [0.1, 0.15) is 19.3 Å². The van der Waals surface area contributed by atoms with Gasteiger partial charge in [-0.25, -0.2) is 9.59 Å². The molecule has 2 rings (SSSR count). The standard InChI is InChI=1S/C12H21N3O4/c1-14-4-2-8(3-5-14)13-12(19)15-7-9(16)6-10(15)11(17)18/h8-10,16H,2-7H2,1H3,(H,13,19)(H,17,18)/t9-,10-/m1/s1. The maximum atomic E-state index is 12.1. The summed E-state index contributed by atoms with van der Waals surface area (Å²) in [6.07, 6.45) is 1.10. The summed E-state index contributed by atoms with van der Waals surface area (Å²) >= 11 is 0. The fourth-order valence-corrected chi connectivity index (χ4v) is 2.68. The summed E-state index contributed by atoms with van der Waals surface area (Å²) in [5.41, 5.74) is 0. The number of aliphatic hydroxyl groups is 1. The van der Waals surface area contributed by atoms with Crippen molar-refractivity contribution in [2.75, 3.05) is 26.7 Å². The van der Waals surface area contributed by atoms with Gasteiger partial charge < -0.3 is 25.3 Å². The van der Waals surface area contributed by atoms with E-state index in [9.17, 15) is 14.7 Å². The van der Waals surface area contributed by atoms with Crippen molar-refractivity contribution in [3.8, 4) is 0 Å². The second-order valence-electron chi connectivity index (χ2n) is 5.42. The normalized spacial score (nSPS) is 29.5. The summed E-state index contributed by atoms with van der Waals surface area (Å²) in [6, 6.07) is -1.20. The number of amides is 2. The summed E-state index contributed by atoms with van der Waals surface area (Å²) in [6.45, 7) is 1.95. The molecule has 2 fully saturated rings. The van der Waals surface area contributed by atoms with Crippen molar-refractivity contribution in [3.63, 3.8) is 0 Å². The van der Waals surface area contributed by atoms with Gasteiger partial charge in [0, 0.05) is 19.0 Å². The molecule has 7 nitrogen and oxygen atoms in total. The largest absolute Gasteiger partial charge is 0.480 e. The van der Waals surface area contributed by atoms with E-state index >= 15 is 0 Å². The Morgan fingerprint density at radius 3 is 2.47 bits per heavy atom. The summed E-state index contributed by atoms with van der Waals surface area (Å²) in [7, 11) is 2.04. The van der Waals surface area contributed by atoms with Crippen molar-refractivity contribution in [2.45, 2.75) is 37.5 Å². The number of carboxylic acids is 1. The van der Waals surface area contributed by atoms with E-state index in [1.54, 1.807) is 0 Å². The number of aliphatic carboxylic acids is 1. The van der Waals surface area contributed by atoms with Gasteiger partial charge in [0.2, 0.25) is 0 Å². The quantitative estimate of drug-likeness (QED) is 0.618. The Balaban J connectivity index is 1.90. The highest BCUT2D eigenvalue weighted by Gasteiger charge is 2.39. The van der Waals surface area contributed by atoms with Crippen LogP contribution in [-0.2, 0) is 4.79 Å². The van der Waals surface area contributed by atoms with E-state index in [2.05, 4.69) is 10.2 Å². The summed E-state index contributed by atoms with van der Waals surface area (Å²) in [5, 5.41) is 21.4. The number of likely N-dealkylation sites (tertiary alicyclic amines) is 2. The lowest BCUT2D eigenvalue weighted by atomic mass is 10.1. The second-order valence-corrected chi connectivity index (χ2v) is 5.42. The number of urea groups is 1. The van der Waals surface area contributed by atoms with E-state index < -0.39 is 18.1 Å². The molecular weight excluding hydrogens is 250 g/mol. The maximum absolute atomic E-state index is 12.1. The van der Waals surface area contributed by atoms with Gasteiger partial charge in [0.15, 0.2) is 0 Å². The zero-order valence-electron chi connectivity index (χ0n) is 11.1. The first-order valence-corrected chi connectivity index (χ1v) is 6.64. The zero-order chi connectivity index (χ0) is 14.0. The van der Waals surface area contributed by atoms with Crippen LogP contribution in [0, 0.1) is 0 Å². The number of nitrogens with zero attached hydrogens (tertiary/aromatic N) is 2. The second kappa shape index (κ2) is 5.75. The molecule has 7 heteroatoms. The van der Waals surface area contributed by atoms with Gasteiger partial charge >= 0.3 is 12.0 Å². The molecule has 2 saturated heterocycles. The first-order chi connectivity index (χ1) is 8.97. The van der Waals surface area contributed by atoms with Crippen LogP contribution < -0.4 is 5.32 Å². The molecule has 19 heavy (non-hydrogen) atoms. The number of carbonyl (C=O) groups is 2. The maximum Gasteiger partial charge on any atom is 0.326 e. The lowest BCUT2D eigenvalue weighted by Gasteiger charge is -2.31. The Morgan fingerprint density at radius 1 is 1.26 bits per heavy atom. The lowest BCUT2D eigenvalue weighted by molar-refractivity contribution is -0.141. The van der Waals surface area contributed by atoms with Crippen molar-refractivity contribution >= 4 is 12.0 Å². The minimum Gasteiger partial charge on any atom is -0.480 e. The molecule has 0 aromatic rings. The molecule has 0 aromatic carbocycles. The summed E-state index contributed by atoms with van der Waals surface area (Å²) in [4.78, 5) is 26.6. The Hall–Kier alpha value is -1.34. The molecule has 3 N–H and O–H groups in total. The van der Waals surface area contributed by atoms with E-state index in [4.69, 9.17) is 5.11 Å². The minimum atomic E-state index is -1.06. The molecule has 2 amide bonds. The van der Waals surface area contributed by atoms with E-state index in [0.717, 1.165) is 25.9 Å². The van der Waals surface area contributed by atoms with Gasteiger partial charge in [0.25, 0.3) is 0 Å². The van der Waals surface area contributed by atoms with Crippen molar-refractivity contribution < 1.29 is 19.8 Å². The number of carbonyl (C=O) groups excluding carboxylic acids is 1. The number of carboxylic acid groups (broad SMARTS) is 1. The number of piperidine rings is 1. The number of aliphatic hydroxyl groups excluding tert-OH is 1. The SMILES string of the molecule is CN1CCC(NC(=O)N2C[C@H](O)C[C@@H]2C(=O)O)CC1. The van der Waals surface area contributed by atoms with Crippen molar-refractivity contribution in [1.29, 1.82) is 0 Å². The molecule has 2 atom stereocenters. The van der Waals surface area contributed by atoms with Crippen molar-refractivity contribution in [2.24, 2.45) is 0 Å². The molecule has 2 aliphatic rings. The first kappa shape index (κ1) is 14.1.